The SMILES string of the molecule is CCS(=O)(=O)c1ccc(CNC(=O)c2ccc3c(c2)nc(C(C)c2ccc(C(F)(F)F)cc2)n3C2CC2)cc1. The fraction of sp³-hybridized carbons (Fsp3) is 0.310. The van der Waals surface area contributed by atoms with Crippen molar-refractivity contribution in [3.63, 3.8) is 0 Å². The number of nitrogens with one attached hydrogen (secondary N) is 1. The zero-order valence-corrected chi connectivity index (χ0v) is 22.3. The van der Waals surface area contributed by atoms with E-state index in [2.05, 4.69) is 9.88 Å². The average molecular weight is 556 g/mol. The third kappa shape index (κ3) is 5.56. The summed E-state index contributed by atoms with van der Waals surface area (Å²) in [6.07, 6.45) is -2.39. The van der Waals surface area contributed by atoms with E-state index in [4.69, 9.17) is 4.98 Å². The van der Waals surface area contributed by atoms with Gasteiger partial charge < -0.3 is 9.88 Å². The summed E-state index contributed by atoms with van der Waals surface area (Å²) in [7, 11) is -3.29. The summed E-state index contributed by atoms with van der Waals surface area (Å²) < 4.78 is 65.2. The second-order valence-electron chi connectivity index (χ2n) is 9.85. The highest BCUT2D eigenvalue weighted by Gasteiger charge is 2.32. The third-order valence-corrected chi connectivity index (χ3v) is 8.88. The van der Waals surface area contributed by atoms with Crippen molar-refractivity contribution in [3.8, 4) is 0 Å². The molecule has 4 aromatic rings. The van der Waals surface area contributed by atoms with E-state index in [1.165, 1.54) is 24.3 Å². The molecule has 0 spiro atoms. The van der Waals surface area contributed by atoms with Crippen LogP contribution >= 0.6 is 0 Å². The monoisotopic (exact) mass is 555 g/mol. The molecule has 1 fully saturated rings. The first-order valence-corrected chi connectivity index (χ1v) is 14.4. The average Bonchev–Trinajstić information content (AvgIpc) is 3.70. The Hall–Kier alpha value is -3.66. The lowest BCUT2D eigenvalue weighted by Gasteiger charge is -2.16. The fourth-order valence-corrected chi connectivity index (χ4v) is 5.54. The molecule has 1 unspecified atom stereocenters. The first kappa shape index (κ1) is 26.9. The normalized spacial score (nSPS) is 14.9. The number of hydrogen-bond acceptors (Lipinski definition) is 4. The number of halogens is 3. The zero-order valence-electron chi connectivity index (χ0n) is 21.5. The van der Waals surface area contributed by atoms with Crippen molar-refractivity contribution in [2.45, 2.75) is 56.3 Å². The number of carbonyl (C=O) groups is 1. The predicted octanol–water partition coefficient (Wildman–Crippen LogP) is 6.27. The van der Waals surface area contributed by atoms with Crippen molar-refractivity contribution in [3.05, 3.63) is 94.8 Å². The van der Waals surface area contributed by atoms with Crippen LogP contribution in [-0.4, -0.2) is 29.6 Å². The molecule has 1 aromatic heterocycles. The number of aromatic nitrogens is 2. The third-order valence-electron chi connectivity index (χ3n) is 7.13. The Labute approximate surface area is 224 Å². The zero-order chi connectivity index (χ0) is 27.9. The number of alkyl halides is 3. The van der Waals surface area contributed by atoms with Gasteiger partial charge in [0.25, 0.3) is 5.91 Å². The number of imidazole rings is 1. The lowest BCUT2D eigenvalue weighted by Crippen LogP contribution is -2.22. The van der Waals surface area contributed by atoms with Gasteiger partial charge >= 0.3 is 6.18 Å². The highest BCUT2D eigenvalue weighted by molar-refractivity contribution is 7.91. The van der Waals surface area contributed by atoms with Gasteiger partial charge in [-0.25, -0.2) is 13.4 Å². The maximum atomic E-state index is 13.0. The van der Waals surface area contributed by atoms with Gasteiger partial charge in [-0.3, -0.25) is 4.79 Å². The van der Waals surface area contributed by atoms with E-state index in [-0.39, 0.29) is 35.1 Å². The molecule has 1 amide bonds. The lowest BCUT2D eigenvalue weighted by molar-refractivity contribution is -0.137. The predicted molar refractivity (Wildman–Crippen MR) is 142 cm³/mol. The standard InChI is InChI=1S/C29H28F3N3O3S/c1-3-39(37,38)24-13-4-19(5-14-24)17-33-28(36)21-8-15-26-25(16-21)34-27(35(26)23-11-12-23)18(2)20-6-9-22(10-7-20)29(30,31)32/h4-10,13-16,18,23H,3,11-12,17H2,1-2H3,(H,33,36). The van der Waals surface area contributed by atoms with Crippen LogP contribution in [-0.2, 0) is 22.6 Å². The van der Waals surface area contributed by atoms with Crippen molar-refractivity contribution in [2.24, 2.45) is 0 Å². The summed E-state index contributed by atoms with van der Waals surface area (Å²) in [5, 5.41) is 2.86. The molecule has 3 aromatic carbocycles. The van der Waals surface area contributed by atoms with Gasteiger partial charge in [-0.05, 0) is 66.4 Å². The number of fused-ring (bicyclic) bond motifs is 1. The van der Waals surface area contributed by atoms with Crippen LogP contribution in [0.1, 0.15) is 71.5 Å². The number of rotatable bonds is 8. The van der Waals surface area contributed by atoms with Gasteiger partial charge in [0.1, 0.15) is 5.82 Å². The Morgan fingerprint density at radius 2 is 1.72 bits per heavy atom. The first-order chi connectivity index (χ1) is 18.5. The van der Waals surface area contributed by atoms with E-state index in [9.17, 15) is 26.4 Å². The van der Waals surface area contributed by atoms with Crippen LogP contribution in [0.3, 0.4) is 0 Å². The van der Waals surface area contributed by atoms with Crippen LogP contribution in [0, 0.1) is 0 Å². The minimum atomic E-state index is -4.39. The molecule has 10 heteroatoms. The fourth-order valence-electron chi connectivity index (χ4n) is 4.66. The van der Waals surface area contributed by atoms with Crippen molar-refractivity contribution < 1.29 is 26.4 Å². The minimum Gasteiger partial charge on any atom is -0.348 e. The minimum absolute atomic E-state index is 0.0207. The topological polar surface area (TPSA) is 81.1 Å². The molecule has 6 nitrogen and oxygen atoms in total. The molecule has 1 aliphatic carbocycles. The molecule has 0 bridgehead atoms. The van der Waals surface area contributed by atoms with Gasteiger partial charge in [-0.15, -0.1) is 0 Å². The quantitative estimate of drug-likeness (QED) is 0.278. The van der Waals surface area contributed by atoms with Crippen molar-refractivity contribution >= 4 is 26.8 Å². The Kier molecular flexibility index (Phi) is 7.00. The highest BCUT2D eigenvalue weighted by Crippen LogP contribution is 2.41. The van der Waals surface area contributed by atoms with Crippen LogP contribution in [0.4, 0.5) is 13.2 Å². The summed E-state index contributed by atoms with van der Waals surface area (Å²) in [5.41, 5.74) is 2.78. The molecule has 39 heavy (non-hydrogen) atoms. The van der Waals surface area contributed by atoms with Gasteiger partial charge in [0.2, 0.25) is 0 Å². The second-order valence-corrected chi connectivity index (χ2v) is 12.1. The van der Waals surface area contributed by atoms with E-state index in [1.807, 2.05) is 13.0 Å². The Bertz CT molecular complexity index is 1620. The highest BCUT2D eigenvalue weighted by atomic mass is 32.2. The molecule has 0 aliphatic heterocycles. The van der Waals surface area contributed by atoms with Gasteiger partial charge in [0, 0.05) is 24.1 Å². The summed E-state index contributed by atoms with van der Waals surface area (Å²) >= 11 is 0. The van der Waals surface area contributed by atoms with Gasteiger partial charge in [0.05, 0.1) is 27.2 Å². The summed E-state index contributed by atoms with van der Waals surface area (Å²) in [5.74, 6) is 0.247. The molecule has 1 aliphatic rings. The summed E-state index contributed by atoms with van der Waals surface area (Å²) in [6, 6.07) is 17.2. The number of sulfone groups is 1. The Balaban J connectivity index is 1.36. The van der Waals surface area contributed by atoms with Crippen LogP contribution < -0.4 is 5.32 Å². The molecule has 1 N–H and O–H groups in total. The lowest BCUT2D eigenvalue weighted by atomic mass is 9.99. The van der Waals surface area contributed by atoms with Crippen LogP contribution in [0.15, 0.2) is 71.6 Å². The maximum absolute atomic E-state index is 13.0. The van der Waals surface area contributed by atoms with Crippen molar-refractivity contribution in [2.75, 3.05) is 5.75 Å². The van der Waals surface area contributed by atoms with Crippen LogP contribution in [0.25, 0.3) is 11.0 Å². The number of hydrogen-bond donors (Lipinski definition) is 1. The van der Waals surface area contributed by atoms with E-state index in [1.54, 1.807) is 31.2 Å². The van der Waals surface area contributed by atoms with E-state index in [0.29, 0.717) is 11.1 Å². The summed E-state index contributed by atoms with van der Waals surface area (Å²) in [6.45, 7) is 3.75. The van der Waals surface area contributed by atoms with Crippen LogP contribution in [0.5, 0.6) is 0 Å². The molecule has 1 atom stereocenters. The van der Waals surface area contributed by atoms with Gasteiger partial charge in [-0.2, -0.15) is 13.2 Å². The molecule has 1 heterocycles. The van der Waals surface area contributed by atoms with E-state index < -0.39 is 21.6 Å². The molecular weight excluding hydrogens is 527 g/mol. The maximum Gasteiger partial charge on any atom is 0.416 e. The molecule has 204 valence electrons. The molecule has 5 rings (SSSR count). The molecule has 1 saturated carbocycles. The van der Waals surface area contributed by atoms with E-state index in [0.717, 1.165) is 47.4 Å². The number of benzene rings is 3. The van der Waals surface area contributed by atoms with Crippen molar-refractivity contribution in [1.82, 2.24) is 14.9 Å². The number of nitrogens with zero attached hydrogens (tertiary/aromatic N) is 2. The molecular formula is C29H28F3N3O3S. The number of amides is 1. The van der Waals surface area contributed by atoms with Crippen molar-refractivity contribution in [1.29, 1.82) is 0 Å². The number of carbonyl (C=O) groups excluding carboxylic acids is 1. The molecule has 0 saturated heterocycles. The van der Waals surface area contributed by atoms with E-state index >= 15 is 0 Å². The first-order valence-electron chi connectivity index (χ1n) is 12.8. The molecule has 0 radical (unpaired) electrons. The summed E-state index contributed by atoms with van der Waals surface area (Å²) in [4.78, 5) is 18.0. The van der Waals surface area contributed by atoms with Gasteiger partial charge in [-0.1, -0.05) is 38.1 Å². The second kappa shape index (κ2) is 10.1. The largest absolute Gasteiger partial charge is 0.416 e. The Morgan fingerprint density at radius 1 is 1.05 bits per heavy atom. The van der Waals surface area contributed by atoms with Crippen LogP contribution in [0.2, 0.25) is 0 Å². The Morgan fingerprint density at radius 3 is 2.31 bits per heavy atom. The smallest absolute Gasteiger partial charge is 0.348 e. The van der Waals surface area contributed by atoms with Gasteiger partial charge in [0.15, 0.2) is 9.84 Å².